The Balaban J connectivity index is 1.53. The van der Waals surface area contributed by atoms with Crippen LogP contribution in [0.3, 0.4) is 0 Å². The summed E-state index contributed by atoms with van der Waals surface area (Å²) in [5.74, 6) is -0.283. The molecule has 0 saturated heterocycles. The van der Waals surface area contributed by atoms with E-state index in [0.29, 0.717) is 5.65 Å². The summed E-state index contributed by atoms with van der Waals surface area (Å²) in [6, 6.07) is 28.1. The van der Waals surface area contributed by atoms with Gasteiger partial charge in [-0.05, 0) is 41.5 Å². The predicted molar refractivity (Wildman–Crippen MR) is 121 cm³/mol. The minimum absolute atomic E-state index is 0.283. The van der Waals surface area contributed by atoms with Gasteiger partial charge in [-0.2, -0.15) is 0 Å². The Morgan fingerprint density at radius 3 is 2.23 bits per heavy atom. The van der Waals surface area contributed by atoms with Gasteiger partial charge in [0.05, 0.1) is 18.2 Å². The molecule has 5 rings (SSSR count). The van der Waals surface area contributed by atoms with Crippen molar-refractivity contribution in [3.05, 3.63) is 109 Å². The van der Waals surface area contributed by atoms with Crippen molar-refractivity contribution < 1.29 is 13.7 Å². The first kappa shape index (κ1) is 19.4. The van der Waals surface area contributed by atoms with E-state index in [9.17, 15) is 4.39 Å². The van der Waals surface area contributed by atoms with Crippen molar-refractivity contribution in [2.45, 2.75) is 4.90 Å². The molecule has 0 fully saturated rings. The van der Waals surface area contributed by atoms with Crippen molar-refractivity contribution >= 4 is 23.1 Å². The van der Waals surface area contributed by atoms with Crippen LogP contribution in [-0.2, 0) is 4.33 Å². The van der Waals surface area contributed by atoms with Gasteiger partial charge >= 0.3 is 0 Å². The maximum atomic E-state index is 13.5. The molecule has 0 unspecified atom stereocenters. The summed E-state index contributed by atoms with van der Waals surface area (Å²) in [4.78, 5) is 11.1. The third-order valence-electron chi connectivity index (χ3n) is 4.86. The van der Waals surface area contributed by atoms with Gasteiger partial charge in [0.1, 0.15) is 5.82 Å². The van der Waals surface area contributed by atoms with E-state index >= 15 is 0 Å². The summed E-state index contributed by atoms with van der Waals surface area (Å²) < 4.78 is 20.3. The van der Waals surface area contributed by atoms with Crippen molar-refractivity contribution in [1.82, 2.24) is 9.71 Å². The van der Waals surface area contributed by atoms with Crippen LogP contribution in [0.4, 0.5) is 4.39 Å². The Morgan fingerprint density at radius 2 is 1.48 bits per heavy atom. The minimum atomic E-state index is -0.283. The van der Waals surface area contributed by atoms with E-state index in [4.69, 9.17) is 9.32 Å². The number of aromatic nitrogens is 2. The first-order chi connectivity index (χ1) is 15.3. The Bertz CT molecular complexity index is 1310. The van der Waals surface area contributed by atoms with Crippen LogP contribution in [0.2, 0.25) is 0 Å². The summed E-state index contributed by atoms with van der Waals surface area (Å²) in [7, 11) is 0. The van der Waals surface area contributed by atoms with E-state index in [1.54, 1.807) is 24.5 Å². The van der Waals surface area contributed by atoms with Gasteiger partial charge in [-0.15, -0.1) is 4.73 Å². The number of hydrogen-bond donors (Lipinski definition) is 0. The lowest BCUT2D eigenvalue weighted by atomic mass is 10.0. The smallest absolute Gasteiger partial charge is 0.179 e. The molecule has 2 heterocycles. The standard InChI is InChI=1S/C25H17FN2O2S/c26-21-13-11-19(12-14-21)24-17-28(29-30-31-22-9-5-2-6-10-22)25-23(24)15-20(16-27-25)18-7-3-1-4-8-18/h1-17H. The van der Waals surface area contributed by atoms with Crippen LogP contribution in [0, 0.1) is 5.82 Å². The van der Waals surface area contributed by atoms with Crippen LogP contribution in [0.5, 0.6) is 0 Å². The Labute approximate surface area is 183 Å². The molecule has 0 aliphatic carbocycles. The normalized spacial score (nSPS) is 11.0. The number of pyridine rings is 1. The zero-order chi connectivity index (χ0) is 21.0. The van der Waals surface area contributed by atoms with Gasteiger partial charge in [-0.25, -0.2) is 14.4 Å². The molecule has 0 radical (unpaired) electrons. The van der Waals surface area contributed by atoms with Gasteiger partial charge in [0, 0.05) is 27.6 Å². The highest BCUT2D eigenvalue weighted by Gasteiger charge is 2.15. The molecule has 2 aromatic heterocycles. The summed E-state index contributed by atoms with van der Waals surface area (Å²) in [6.45, 7) is 0. The monoisotopic (exact) mass is 428 g/mol. The fraction of sp³-hybridized carbons (Fsp3) is 0. The Hall–Kier alpha value is -3.61. The van der Waals surface area contributed by atoms with Gasteiger partial charge in [0.25, 0.3) is 0 Å². The molecule has 0 aliphatic rings. The summed E-state index contributed by atoms with van der Waals surface area (Å²) in [6.07, 6.45) is 3.60. The fourth-order valence-electron chi connectivity index (χ4n) is 3.35. The van der Waals surface area contributed by atoms with Crippen LogP contribution in [-0.4, -0.2) is 9.71 Å². The van der Waals surface area contributed by atoms with Gasteiger partial charge in [-0.3, -0.25) is 0 Å². The number of halogens is 1. The van der Waals surface area contributed by atoms with E-state index in [2.05, 4.69) is 11.1 Å². The second-order valence-electron chi connectivity index (χ2n) is 6.88. The molecule has 0 bridgehead atoms. The molecular formula is C25H17FN2O2S. The van der Waals surface area contributed by atoms with Gasteiger partial charge in [0.15, 0.2) is 5.65 Å². The average Bonchev–Trinajstić information content (AvgIpc) is 3.19. The molecule has 5 aromatic rings. The highest BCUT2D eigenvalue weighted by atomic mass is 32.2. The van der Waals surface area contributed by atoms with Gasteiger partial charge < -0.3 is 0 Å². The van der Waals surface area contributed by atoms with Crippen molar-refractivity contribution in [2.24, 2.45) is 0 Å². The van der Waals surface area contributed by atoms with Crippen LogP contribution < -0.4 is 4.99 Å². The SMILES string of the molecule is Fc1ccc(-c2cn(OOSc3ccccc3)c3ncc(-c4ccccc4)cc23)cc1. The molecule has 3 aromatic carbocycles. The maximum absolute atomic E-state index is 13.5. The fourth-order valence-corrected chi connectivity index (χ4v) is 3.79. The zero-order valence-electron chi connectivity index (χ0n) is 16.3. The topological polar surface area (TPSA) is 36.3 Å². The van der Waals surface area contributed by atoms with Crippen LogP contribution in [0.15, 0.2) is 108 Å². The maximum Gasteiger partial charge on any atom is 0.179 e. The van der Waals surface area contributed by atoms with Gasteiger partial charge in [0.2, 0.25) is 0 Å². The molecule has 31 heavy (non-hydrogen) atoms. The molecule has 0 atom stereocenters. The molecule has 0 amide bonds. The Morgan fingerprint density at radius 1 is 0.774 bits per heavy atom. The quantitative estimate of drug-likeness (QED) is 0.174. The molecule has 152 valence electrons. The van der Waals surface area contributed by atoms with E-state index in [1.807, 2.05) is 60.7 Å². The number of hydrogen-bond acceptors (Lipinski definition) is 4. The number of rotatable bonds is 6. The molecule has 0 spiro atoms. The molecule has 0 N–H and O–H groups in total. The molecule has 4 nitrogen and oxygen atoms in total. The summed E-state index contributed by atoms with van der Waals surface area (Å²) >= 11 is 1.11. The second-order valence-corrected chi connectivity index (χ2v) is 7.65. The second kappa shape index (κ2) is 8.63. The largest absolute Gasteiger partial charge is 0.235 e. The summed E-state index contributed by atoms with van der Waals surface area (Å²) in [5.41, 5.74) is 4.37. The molecule has 6 heteroatoms. The summed E-state index contributed by atoms with van der Waals surface area (Å²) in [5, 5.41) is 0.876. The lowest BCUT2D eigenvalue weighted by Crippen LogP contribution is -2.07. The van der Waals surface area contributed by atoms with Crippen molar-refractivity contribution in [3.63, 3.8) is 0 Å². The zero-order valence-corrected chi connectivity index (χ0v) is 17.1. The molecule has 0 aliphatic heterocycles. The molecule has 0 saturated carbocycles. The number of fused-ring (bicyclic) bond motifs is 1. The van der Waals surface area contributed by atoms with Crippen LogP contribution >= 0.6 is 12.0 Å². The predicted octanol–water partition coefficient (Wildman–Crippen LogP) is 6.58. The Kier molecular flexibility index (Phi) is 5.39. The first-order valence-corrected chi connectivity index (χ1v) is 10.4. The third kappa shape index (κ3) is 4.17. The highest BCUT2D eigenvalue weighted by Crippen LogP contribution is 2.32. The number of benzene rings is 3. The minimum Gasteiger partial charge on any atom is -0.235 e. The van der Waals surface area contributed by atoms with E-state index in [-0.39, 0.29) is 5.82 Å². The van der Waals surface area contributed by atoms with E-state index in [1.165, 1.54) is 16.9 Å². The first-order valence-electron chi connectivity index (χ1n) is 9.67. The van der Waals surface area contributed by atoms with Crippen molar-refractivity contribution in [3.8, 4) is 22.3 Å². The number of nitrogens with zero attached hydrogens (tertiary/aromatic N) is 2. The van der Waals surface area contributed by atoms with Crippen LogP contribution in [0.25, 0.3) is 33.3 Å². The van der Waals surface area contributed by atoms with Gasteiger partial charge in [-0.1, -0.05) is 65.0 Å². The van der Waals surface area contributed by atoms with E-state index in [0.717, 1.165) is 44.6 Å². The van der Waals surface area contributed by atoms with Crippen molar-refractivity contribution in [1.29, 1.82) is 0 Å². The lowest BCUT2D eigenvalue weighted by molar-refractivity contribution is -0.188. The lowest BCUT2D eigenvalue weighted by Gasteiger charge is -2.05. The van der Waals surface area contributed by atoms with E-state index < -0.39 is 0 Å². The third-order valence-corrected chi connectivity index (χ3v) is 5.45. The molecular weight excluding hydrogens is 411 g/mol. The van der Waals surface area contributed by atoms with Crippen LogP contribution in [0.1, 0.15) is 0 Å². The van der Waals surface area contributed by atoms with Crippen molar-refractivity contribution in [2.75, 3.05) is 0 Å². The average molecular weight is 428 g/mol. The highest BCUT2D eigenvalue weighted by molar-refractivity contribution is 7.94.